The molecule has 4 nitrogen and oxygen atoms in total. The van der Waals surface area contributed by atoms with Crippen LogP contribution < -0.4 is 11.5 Å². The van der Waals surface area contributed by atoms with Crippen LogP contribution in [0.2, 0.25) is 0 Å². The molecule has 0 fully saturated rings. The van der Waals surface area contributed by atoms with E-state index in [1.54, 1.807) is 0 Å². The second-order valence-electron chi connectivity index (χ2n) is 5.84. The molecule has 104 valence electrons. The van der Waals surface area contributed by atoms with Gasteiger partial charge in [-0.15, -0.1) is 0 Å². The van der Waals surface area contributed by atoms with Crippen molar-refractivity contribution in [1.29, 1.82) is 0 Å². The minimum atomic E-state index is 0.0508. The summed E-state index contributed by atoms with van der Waals surface area (Å²) in [4.78, 5) is 0. The van der Waals surface area contributed by atoms with Crippen LogP contribution >= 0.6 is 0 Å². The lowest BCUT2D eigenvalue weighted by Gasteiger charge is -2.26. The molecule has 0 aliphatic rings. The Balaban J connectivity index is 3.53. The molecule has 0 rings (SSSR count). The number of nitrogens with two attached hydrogens (primary N) is 2. The lowest BCUT2D eigenvalue weighted by atomic mass is 9.89. The van der Waals surface area contributed by atoms with Gasteiger partial charge in [0, 0.05) is 10.8 Å². The molecule has 4 heteroatoms. The van der Waals surface area contributed by atoms with Crippen LogP contribution in [-0.2, 0) is 9.47 Å². The SMILES string of the molecule is CCC(C)(CN)COCCOCC(C)(C)CN. The van der Waals surface area contributed by atoms with Crippen LogP contribution in [0, 0.1) is 10.8 Å². The van der Waals surface area contributed by atoms with E-state index in [0.717, 1.165) is 6.42 Å². The first-order valence-corrected chi connectivity index (χ1v) is 6.45. The minimum absolute atomic E-state index is 0.0508. The van der Waals surface area contributed by atoms with Gasteiger partial charge in [0.15, 0.2) is 0 Å². The normalized spacial score (nSPS) is 15.9. The van der Waals surface area contributed by atoms with E-state index in [-0.39, 0.29) is 10.8 Å². The Kier molecular flexibility index (Phi) is 7.96. The zero-order chi connectivity index (χ0) is 13.4. The van der Waals surface area contributed by atoms with Crippen LogP contribution in [0.25, 0.3) is 0 Å². The summed E-state index contributed by atoms with van der Waals surface area (Å²) in [7, 11) is 0. The number of rotatable bonds is 10. The third-order valence-corrected chi connectivity index (χ3v) is 3.21. The maximum absolute atomic E-state index is 5.71. The van der Waals surface area contributed by atoms with Gasteiger partial charge in [-0.1, -0.05) is 27.7 Å². The van der Waals surface area contributed by atoms with Crippen molar-refractivity contribution in [3.8, 4) is 0 Å². The van der Waals surface area contributed by atoms with Crippen molar-refractivity contribution in [2.24, 2.45) is 22.3 Å². The summed E-state index contributed by atoms with van der Waals surface area (Å²) in [5.41, 5.74) is 11.5. The van der Waals surface area contributed by atoms with Crippen molar-refractivity contribution >= 4 is 0 Å². The molecule has 0 aromatic heterocycles. The molecule has 1 atom stereocenters. The van der Waals surface area contributed by atoms with Crippen LogP contribution in [0.15, 0.2) is 0 Å². The fraction of sp³-hybridized carbons (Fsp3) is 1.00. The lowest BCUT2D eigenvalue weighted by Crippen LogP contribution is -2.32. The van der Waals surface area contributed by atoms with Gasteiger partial charge in [-0.05, 0) is 19.5 Å². The fourth-order valence-corrected chi connectivity index (χ4v) is 1.15. The van der Waals surface area contributed by atoms with Crippen LogP contribution in [0.3, 0.4) is 0 Å². The third kappa shape index (κ3) is 7.71. The summed E-state index contributed by atoms with van der Waals surface area (Å²) in [5.74, 6) is 0. The average Bonchev–Trinajstić information content (AvgIpc) is 2.33. The zero-order valence-electron chi connectivity index (χ0n) is 11.9. The van der Waals surface area contributed by atoms with E-state index in [1.807, 2.05) is 0 Å². The highest BCUT2D eigenvalue weighted by atomic mass is 16.5. The van der Waals surface area contributed by atoms with E-state index in [0.29, 0.717) is 39.5 Å². The molecule has 0 bridgehead atoms. The maximum atomic E-state index is 5.71. The first-order chi connectivity index (χ1) is 7.89. The smallest absolute Gasteiger partial charge is 0.0700 e. The van der Waals surface area contributed by atoms with E-state index >= 15 is 0 Å². The highest BCUT2D eigenvalue weighted by molar-refractivity contribution is 4.72. The fourth-order valence-electron chi connectivity index (χ4n) is 1.15. The predicted octanol–water partition coefficient (Wildman–Crippen LogP) is 1.38. The van der Waals surface area contributed by atoms with Crippen molar-refractivity contribution in [2.75, 3.05) is 39.5 Å². The molecule has 4 N–H and O–H groups in total. The van der Waals surface area contributed by atoms with Crippen LogP contribution in [0.4, 0.5) is 0 Å². The molecule has 0 saturated carbocycles. The largest absolute Gasteiger partial charge is 0.378 e. The first-order valence-electron chi connectivity index (χ1n) is 6.45. The standard InChI is InChI=1S/C13H30N2O2/c1-5-13(4,9-15)11-17-7-6-16-10-12(2,3)8-14/h5-11,14-15H2,1-4H3. The molecule has 0 aromatic carbocycles. The Morgan fingerprint density at radius 3 is 1.82 bits per heavy atom. The third-order valence-electron chi connectivity index (χ3n) is 3.21. The average molecular weight is 246 g/mol. The summed E-state index contributed by atoms with van der Waals surface area (Å²) in [5, 5.41) is 0. The highest BCUT2D eigenvalue weighted by Crippen LogP contribution is 2.19. The number of hydrogen-bond donors (Lipinski definition) is 2. The predicted molar refractivity (Wildman–Crippen MR) is 71.9 cm³/mol. The maximum Gasteiger partial charge on any atom is 0.0700 e. The van der Waals surface area contributed by atoms with Crippen molar-refractivity contribution in [2.45, 2.75) is 34.1 Å². The van der Waals surface area contributed by atoms with Gasteiger partial charge in [0.05, 0.1) is 26.4 Å². The molecule has 1 unspecified atom stereocenters. The Morgan fingerprint density at radius 1 is 0.882 bits per heavy atom. The molecule has 0 saturated heterocycles. The molecule has 0 aromatic rings. The van der Waals surface area contributed by atoms with E-state index < -0.39 is 0 Å². The van der Waals surface area contributed by atoms with Crippen LogP contribution in [-0.4, -0.2) is 39.5 Å². The Labute approximate surface area is 106 Å². The Bertz CT molecular complexity index is 192. The van der Waals surface area contributed by atoms with E-state index in [9.17, 15) is 0 Å². The summed E-state index contributed by atoms with van der Waals surface area (Å²) < 4.78 is 11.1. The topological polar surface area (TPSA) is 70.5 Å². The van der Waals surface area contributed by atoms with Crippen molar-refractivity contribution in [3.63, 3.8) is 0 Å². The second kappa shape index (κ2) is 8.03. The molecule has 0 aliphatic heterocycles. The van der Waals surface area contributed by atoms with Gasteiger partial charge in [0.25, 0.3) is 0 Å². The molecule has 0 spiro atoms. The van der Waals surface area contributed by atoms with Crippen molar-refractivity contribution in [1.82, 2.24) is 0 Å². The van der Waals surface area contributed by atoms with Crippen molar-refractivity contribution in [3.05, 3.63) is 0 Å². The molecule has 0 amide bonds. The molecule has 0 aliphatic carbocycles. The van der Waals surface area contributed by atoms with Gasteiger partial charge in [-0.2, -0.15) is 0 Å². The molecular weight excluding hydrogens is 216 g/mol. The molecule has 17 heavy (non-hydrogen) atoms. The number of ether oxygens (including phenoxy) is 2. The van der Waals surface area contributed by atoms with Gasteiger partial charge < -0.3 is 20.9 Å². The van der Waals surface area contributed by atoms with Crippen LogP contribution in [0.5, 0.6) is 0 Å². The van der Waals surface area contributed by atoms with Gasteiger partial charge in [-0.25, -0.2) is 0 Å². The summed E-state index contributed by atoms with van der Waals surface area (Å²) >= 11 is 0. The molecular formula is C13H30N2O2. The van der Waals surface area contributed by atoms with E-state index in [2.05, 4.69) is 27.7 Å². The minimum Gasteiger partial charge on any atom is -0.378 e. The van der Waals surface area contributed by atoms with Gasteiger partial charge in [0.2, 0.25) is 0 Å². The highest BCUT2D eigenvalue weighted by Gasteiger charge is 2.20. The molecule has 0 heterocycles. The number of hydrogen-bond acceptors (Lipinski definition) is 4. The van der Waals surface area contributed by atoms with Crippen molar-refractivity contribution < 1.29 is 9.47 Å². The molecule has 0 radical (unpaired) electrons. The quantitative estimate of drug-likeness (QED) is 0.571. The summed E-state index contributed by atoms with van der Waals surface area (Å²) in [6.45, 7) is 12.4. The van der Waals surface area contributed by atoms with Gasteiger partial charge in [-0.3, -0.25) is 0 Å². The zero-order valence-corrected chi connectivity index (χ0v) is 11.9. The first kappa shape index (κ1) is 16.8. The lowest BCUT2D eigenvalue weighted by molar-refractivity contribution is -0.00651. The Hall–Kier alpha value is -0.160. The van der Waals surface area contributed by atoms with Gasteiger partial charge >= 0.3 is 0 Å². The van der Waals surface area contributed by atoms with E-state index in [1.165, 1.54) is 0 Å². The second-order valence-corrected chi connectivity index (χ2v) is 5.84. The summed E-state index contributed by atoms with van der Waals surface area (Å²) in [6, 6.07) is 0. The van der Waals surface area contributed by atoms with E-state index in [4.69, 9.17) is 20.9 Å². The monoisotopic (exact) mass is 246 g/mol. The van der Waals surface area contributed by atoms with Gasteiger partial charge in [0.1, 0.15) is 0 Å². The Morgan fingerprint density at radius 2 is 1.41 bits per heavy atom. The van der Waals surface area contributed by atoms with Crippen LogP contribution in [0.1, 0.15) is 34.1 Å². The summed E-state index contributed by atoms with van der Waals surface area (Å²) in [6.07, 6.45) is 1.03.